The van der Waals surface area contributed by atoms with Crippen molar-refractivity contribution < 1.29 is 14.3 Å². The predicted octanol–water partition coefficient (Wildman–Crippen LogP) is 4.37. The van der Waals surface area contributed by atoms with E-state index in [1.54, 1.807) is 0 Å². The number of carbonyl (C=O) groups is 2. The molecule has 2 aliphatic carbocycles. The van der Waals surface area contributed by atoms with Crippen molar-refractivity contribution in [2.24, 2.45) is 17.8 Å². The third-order valence-corrected chi connectivity index (χ3v) is 5.93. The van der Waals surface area contributed by atoms with Crippen molar-refractivity contribution in [3.05, 3.63) is 41.0 Å². The van der Waals surface area contributed by atoms with Gasteiger partial charge in [0.1, 0.15) is 5.78 Å². The first-order valence-electron chi connectivity index (χ1n) is 9.44. The van der Waals surface area contributed by atoms with Crippen molar-refractivity contribution >= 4 is 17.8 Å². The Morgan fingerprint density at radius 1 is 1.16 bits per heavy atom. The van der Waals surface area contributed by atoms with Crippen LogP contribution in [0.15, 0.2) is 24.3 Å². The monoisotopic (exact) mass is 340 g/mol. The Labute approximate surface area is 150 Å². The fraction of sp³-hybridized carbons (Fsp3) is 0.545. The summed E-state index contributed by atoms with van der Waals surface area (Å²) in [5.74, 6) is 1.11. The summed E-state index contributed by atoms with van der Waals surface area (Å²) in [7, 11) is 1.46. The van der Waals surface area contributed by atoms with Gasteiger partial charge in [-0.25, -0.2) is 0 Å². The van der Waals surface area contributed by atoms with Crippen molar-refractivity contribution in [1.29, 1.82) is 0 Å². The molecule has 3 atom stereocenters. The van der Waals surface area contributed by atoms with Gasteiger partial charge in [0.15, 0.2) is 0 Å². The van der Waals surface area contributed by atoms with Crippen LogP contribution in [0, 0.1) is 17.8 Å². The molecule has 1 aromatic carbocycles. The standard InChI is InChI=1S/C22H28O3/c1-15-6-8-18(22(24)25-2)10-11-19(15)14-21(23)13-16-7-9-17-4-3-5-20(17)12-16/h3,5,7,9,12,15,18-19H,4,6,8,10-11,13-14H2,1-2H3. The average Bonchev–Trinajstić information content (AvgIpc) is 2.99. The van der Waals surface area contributed by atoms with Crippen molar-refractivity contribution in [3.63, 3.8) is 0 Å². The minimum atomic E-state index is -0.0922. The molecule has 0 aliphatic heterocycles. The summed E-state index contributed by atoms with van der Waals surface area (Å²) >= 11 is 0. The Hall–Kier alpha value is -1.90. The van der Waals surface area contributed by atoms with Crippen molar-refractivity contribution in [3.8, 4) is 0 Å². The fourth-order valence-corrected chi connectivity index (χ4v) is 4.25. The molecule has 0 amide bonds. The summed E-state index contributed by atoms with van der Waals surface area (Å²) in [4.78, 5) is 24.4. The lowest BCUT2D eigenvalue weighted by Crippen LogP contribution is -2.17. The average molecular weight is 340 g/mol. The van der Waals surface area contributed by atoms with Crippen LogP contribution in [0.4, 0.5) is 0 Å². The molecule has 2 aliphatic rings. The van der Waals surface area contributed by atoms with Gasteiger partial charge < -0.3 is 4.74 Å². The lowest BCUT2D eigenvalue weighted by Gasteiger charge is -2.20. The number of hydrogen-bond donors (Lipinski definition) is 0. The second-order valence-electron chi connectivity index (χ2n) is 7.67. The maximum atomic E-state index is 12.6. The minimum Gasteiger partial charge on any atom is -0.469 e. The first-order chi connectivity index (χ1) is 12.1. The summed E-state index contributed by atoms with van der Waals surface area (Å²) in [6.45, 7) is 2.22. The second-order valence-corrected chi connectivity index (χ2v) is 7.67. The first-order valence-corrected chi connectivity index (χ1v) is 9.44. The zero-order chi connectivity index (χ0) is 17.8. The highest BCUT2D eigenvalue weighted by Gasteiger charge is 2.29. The normalized spacial score (nSPS) is 25.3. The molecule has 3 unspecified atom stereocenters. The summed E-state index contributed by atoms with van der Waals surface area (Å²) in [5.41, 5.74) is 3.72. The summed E-state index contributed by atoms with van der Waals surface area (Å²) in [5, 5.41) is 0. The van der Waals surface area contributed by atoms with Gasteiger partial charge in [-0.05, 0) is 60.6 Å². The second kappa shape index (κ2) is 7.99. The summed E-state index contributed by atoms with van der Waals surface area (Å²) < 4.78 is 4.90. The number of ether oxygens (including phenoxy) is 1. The Balaban J connectivity index is 1.56. The van der Waals surface area contributed by atoms with Crippen LogP contribution in [-0.4, -0.2) is 18.9 Å². The molecule has 0 bridgehead atoms. The molecule has 3 nitrogen and oxygen atoms in total. The molecule has 25 heavy (non-hydrogen) atoms. The number of benzene rings is 1. The largest absolute Gasteiger partial charge is 0.469 e. The van der Waals surface area contributed by atoms with E-state index < -0.39 is 0 Å². The molecule has 0 N–H and O–H groups in total. The van der Waals surface area contributed by atoms with E-state index in [-0.39, 0.29) is 11.9 Å². The van der Waals surface area contributed by atoms with Crippen LogP contribution in [0.25, 0.3) is 6.08 Å². The lowest BCUT2D eigenvalue weighted by atomic mass is 9.84. The highest BCUT2D eigenvalue weighted by molar-refractivity contribution is 5.81. The number of allylic oxidation sites excluding steroid dienone is 1. The Kier molecular flexibility index (Phi) is 5.72. The van der Waals surface area contributed by atoms with E-state index in [4.69, 9.17) is 4.74 Å². The molecule has 3 rings (SSSR count). The number of fused-ring (bicyclic) bond motifs is 1. The van der Waals surface area contributed by atoms with Gasteiger partial charge >= 0.3 is 5.97 Å². The van der Waals surface area contributed by atoms with Gasteiger partial charge in [0.25, 0.3) is 0 Å². The Morgan fingerprint density at radius 2 is 1.96 bits per heavy atom. The number of Topliss-reactive ketones (excluding diaryl/α,β-unsaturated/α-hetero) is 1. The van der Waals surface area contributed by atoms with Gasteiger partial charge in [-0.3, -0.25) is 9.59 Å². The number of ketones is 1. The first kappa shape index (κ1) is 17.9. The molecule has 0 spiro atoms. The van der Waals surface area contributed by atoms with Crippen LogP contribution in [0.5, 0.6) is 0 Å². The van der Waals surface area contributed by atoms with Gasteiger partial charge in [-0.1, -0.05) is 37.3 Å². The van der Waals surface area contributed by atoms with Gasteiger partial charge in [0.05, 0.1) is 13.0 Å². The SMILES string of the molecule is COC(=O)C1CCC(C)C(CC(=O)Cc2ccc3c(c2)C=CC3)CC1. The van der Waals surface area contributed by atoms with Crippen LogP contribution >= 0.6 is 0 Å². The van der Waals surface area contributed by atoms with Gasteiger partial charge in [0.2, 0.25) is 0 Å². The Morgan fingerprint density at radius 3 is 2.76 bits per heavy atom. The highest BCUT2D eigenvalue weighted by Crippen LogP contribution is 2.34. The van der Waals surface area contributed by atoms with Crippen LogP contribution in [0.1, 0.15) is 55.7 Å². The van der Waals surface area contributed by atoms with Crippen LogP contribution in [0.3, 0.4) is 0 Å². The molecule has 0 radical (unpaired) electrons. The van der Waals surface area contributed by atoms with E-state index in [1.807, 2.05) is 0 Å². The molecule has 134 valence electrons. The van der Waals surface area contributed by atoms with E-state index in [2.05, 4.69) is 37.3 Å². The third-order valence-electron chi connectivity index (χ3n) is 5.93. The van der Waals surface area contributed by atoms with E-state index in [0.717, 1.165) is 37.7 Å². The number of hydrogen-bond acceptors (Lipinski definition) is 3. The zero-order valence-corrected chi connectivity index (χ0v) is 15.3. The van der Waals surface area contributed by atoms with Gasteiger partial charge in [0, 0.05) is 12.8 Å². The van der Waals surface area contributed by atoms with E-state index in [0.29, 0.717) is 30.5 Å². The van der Waals surface area contributed by atoms with E-state index in [1.165, 1.54) is 18.2 Å². The predicted molar refractivity (Wildman–Crippen MR) is 99.1 cm³/mol. The molecule has 0 heterocycles. The summed E-state index contributed by atoms with van der Waals surface area (Å²) in [6.07, 6.45) is 10.1. The molecular weight excluding hydrogens is 312 g/mol. The van der Waals surface area contributed by atoms with Crippen LogP contribution in [-0.2, 0) is 27.2 Å². The minimum absolute atomic E-state index is 0.0102. The van der Waals surface area contributed by atoms with Crippen LogP contribution < -0.4 is 0 Å². The number of rotatable bonds is 5. The molecule has 1 fully saturated rings. The number of esters is 1. The van der Waals surface area contributed by atoms with E-state index >= 15 is 0 Å². The number of methoxy groups -OCH3 is 1. The van der Waals surface area contributed by atoms with Crippen molar-refractivity contribution in [2.45, 2.75) is 51.9 Å². The van der Waals surface area contributed by atoms with Crippen molar-refractivity contribution in [2.75, 3.05) is 7.11 Å². The quantitative estimate of drug-likeness (QED) is 0.590. The topological polar surface area (TPSA) is 43.4 Å². The smallest absolute Gasteiger partial charge is 0.308 e. The molecule has 0 aromatic heterocycles. The molecule has 1 saturated carbocycles. The maximum Gasteiger partial charge on any atom is 0.308 e. The van der Waals surface area contributed by atoms with Gasteiger partial charge in [-0.2, -0.15) is 0 Å². The lowest BCUT2D eigenvalue weighted by molar-refractivity contribution is -0.145. The third kappa shape index (κ3) is 4.39. The van der Waals surface area contributed by atoms with E-state index in [9.17, 15) is 9.59 Å². The summed E-state index contributed by atoms with van der Waals surface area (Å²) in [6, 6.07) is 6.39. The molecule has 1 aromatic rings. The molecule has 0 saturated heterocycles. The van der Waals surface area contributed by atoms with Crippen molar-refractivity contribution in [1.82, 2.24) is 0 Å². The van der Waals surface area contributed by atoms with Crippen LogP contribution in [0.2, 0.25) is 0 Å². The Bertz CT molecular complexity index is 674. The molecule has 3 heteroatoms. The van der Waals surface area contributed by atoms with Gasteiger partial charge in [-0.15, -0.1) is 0 Å². The number of carbonyl (C=O) groups excluding carboxylic acids is 2. The molecular formula is C22H28O3. The zero-order valence-electron chi connectivity index (χ0n) is 15.3. The fourth-order valence-electron chi connectivity index (χ4n) is 4.25. The maximum absolute atomic E-state index is 12.6. The highest BCUT2D eigenvalue weighted by atomic mass is 16.5.